The number of para-hydroxylation sites is 2. The number of aliphatic hydroxyl groups is 1. The molecule has 0 aliphatic carbocycles. The first kappa shape index (κ1) is 36.2. The monoisotopic (exact) mass is 730 g/mol. The fourth-order valence-corrected chi connectivity index (χ4v) is 7.72. The first-order chi connectivity index (χ1) is 25.7. The number of imidazole rings is 1. The van der Waals surface area contributed by atoms with E-state index in [9.17, 15) is 18.3 Å². The third kappa shape index (κ3) is 8.90. The number of amides is 1. The first-order valence-corrected chi connectivity index (χ1v) is 19.1. The molecule has 5 aromatic carbocycles. The van der Waals surface area contributed by atoms with E-state index >= 15 is 0 Å². The zero-order valence-electron chi connectivity index (χ0n) is 29.3. The molecule has 1 aliphatic heterocycles. The van der Waals surface area contributed by atoms with Gasteiger partial charge in [0.2, 0.25) is 15.9 Å². The molecule has 1 amide bonds. The molecule has 0 unspecified atom stereocenters. The second-order valence-electron chi connectivity index (χ2n) is 13.4. The number of nitrogens with zero attached hydrogens (tertiary/aromatic N) is 2. The Kier molecular flexibility index (Phi) is 11.1. The molecule has 4 atom stereocenters. The molecule has 1 fully saturated rings. The van der Waals surface area contributed by atoms with Crippen LogP contribution in [-0.4, -0.2) is 41.1 Å². The van der Waals surface area contributed by atoms with E-state index in [1.165, 1.54) is 12.1 Å². The molecular weight excluding hydrogens is 689 g/mol. The molecule has 3 N–H and O–H groups in total. The summed E-state index contributed by atoms with van der Waals surface area (Å²) < 4.78 is 44.4. The molecule has 0 radical (unpaired) electrons. The topological polar surface area (TPSA) is 132 Å². The van der Waals surface area contributed by atoms with Gasteiger partial charge >= 0.3 is 0 Å². The maximum absolute atomic E-state index is 13.6. The number of benzene rings is 5. The van der Waals surface area contributed by atoms with E-state index in [0.29, 0.717) is 13.0 Å². The zero-order valence-corrected chi connectivity index (χ0v) is 30.2. The molecule has 1 saturated heterocycles. The summed E-state index contributed by atoms with van der Waals surface area (Å²) in [6.07, 6.45) is 1.57. The summed E-state index contributed by atoms with van der Waals surface area (Å²) in [6, 6.07) is 38.3. The fraction of sp³-hybridized carbons (Fsp3) is 0.238. The van der Waals surface area contributed by atoms with Gasteiger partial charge in [0, 0.05) is 18.5 Å². The molecule has 10 nitrogen and oxygen atoms in total. The van der Waals surface area contributed by atoms with Crippen LogP contribution >= 0.6 is 0 Å². The Balaban J connectivity index is 1.05. The number of aromatic nitrogens is 2. The highest BCUT2D eigenvalue weighted by Gasteiger charge is 2.33. The molecule has 0 spiro atoms. The molecule has 0 saturated carbocycles. The Labute approximate surface area is 309 Å². The highest BCUT2D eigenvalue weighted by molar-refractivity contribution is 7.89. The van der Waals surface area contributed by atoms with Crippen molar-refractivity contribution in [2.24, 2.45) is 0 Å². The van der Waals surface area contributed by atoms with E-state index in [4.69, 9.17) is 9.47 Å². The molecule has 6 aromatic rings. The van der Waals surface area contributed by atoms with Crippen molar-refractivity contribution in [3.05, 3.63) is 167 Å². The quantitative estimate of drug-likeness (QED) is 0.127. The smallest absolute Gasteiger partial charge is 0.241 e. The van der Waals surface area contributed by atoms with Crippen LogP contribution in [0, 0.1) is 6.92 Å². The number of nitrogens with one attached hydrogen (secondary N) is 2. The number of hydrogen-bond donors (Lipinski definition) is 3. The molecule has 1 aliphatic rings. The zero-order chi connectivity index (χ0) is 36.8. The summed E-state index contributed by atoms with van der Waals surface area (Å²) >= 11 is 0. The van der Waals surface area contributed by atoms with E-state index in [1.807, 2.05) is 116 Å². The Morgan fingerprint density at radius 3 is 2.25 bits per heavy atom. The minimum Gasteiger partial charge on any atom is -0.392 e. The van der Waals surface area contributed by atoms with Crippen molar-refractivity contribution in [3.8, 4) is 0 Å². The van der Waals surface area contributed by atoms with Crippen LogP contribution in [0.15, 0.2) is 139 Å². The van der Waals surface area contributed by atoms with E-state index < -0.39 is 28.3 Å². The lowest BCUT2D eigenvalue weighted by Crippen LogP contribution is -2.47. The third-order valence-electron chi connectivity index (χ3n) is 9.49. The van der Waals surface area contributed by atoms with Gasteiger partial charge in [0.05, 0.1) is 47.6 Å². The molecule has 53 heavy (non-hydrogen) atoms. The standard InChI is InChI=1S/C42H42N4O6S/c1-29-11-21-36(22-12-29)53(49,50)45-38(23-30-7-3-2-4-8-30)41(48)43-25-31-13-19-34(20-14-31)42-51-35(26-46-28-44-37-9-5-6-10-39(37)46)24-40(52-42)33-17-15-32(27-47)16-18-33/h2-22,28,35,38,40,42,45,47H,23-27H2,1H3,(H,43,48)/t35-,38+,40+,42+/m0/s1. The number of aliphatic hydroxyl groups excluding tert-OH is 1. The van der Waals surface area contributed by atoms with Gasteiger partial charge in [0.15, 0.2) is 6.29 Å². The number of aryl methyl sites for hydroxylation is 1. The summed E-state index contributed by atoms with van der Waals surface area (Å²) in [4.78, 5) is 18.2. The van der Waals surface area contributed by atoms with Crippen molar-refractivity contribution < 1.29 is 27.8 Å². The number of ether oxygens (including phenoxy) is 2. The average Bonchev–Trinajstić information content (AvgIpc) is 3.59. The second kappa shape index (κ2) is 16.2. The van der Waals surface area contributed by atoms with Crippen molar-refractivity contribution in [3.63, 3.8) is 0 Å². The van der Waals surface area contributed by atoms with Crippen molar-refractivity contribution in [2.45, 2.75) is 68.9 Å². The van der Waals surface area contributed by atoms with E-state index in [-0.39, 0.29) is 36.7 Å². The number of hydrogen-bond acceptors (Lipinski definition) is 7. The summed E-state index contributed by atoms with van der Waals surface area (Å²) in [5, 5.41) is 12.5. The van der Waals surface area contributed by atoms with Gasteiger partial charge < -0.3 is 24.5 Å². The van der Waals surface area contributed by atoms with Crippen LogP contribution in [0.1, 0.15) is 52.2 Å². The number of carbonyl (C=O) groups is 1. The first-order valence-electron chi connectivity index (χ1n) is 17.6. The highest BCUT2D eigenvalue weighted by Crippen LogP contribution is 2.38. The van der Waals surface area contributed by atoms with Crippen LogP contribution in [0.4, 0.5) is 0 Å². The minimum atomic E-state index is -3.96. The Morgan fingerprint density at radius 2 is 1.51 bits per heavy atom. The molecule has 272 valence electrons. The van der Waals surface area contributed by atoms with Crippen LogP contribution in [0.2, 0.25) is 0 Å². The van der Waals surface area contributed by atoms with Crippen molar-refractivity contribution in [1.82, 2.24) is 19.6 Å². The molecule has 1 aromatic heterocycles. The normalized spacial score (nSPS) is 18.1. The summed E-state index contributed by atoms with van der Waals surface area (Å²) in [5.74, 6) is -0.433. The number of sulfonamides is 1. The summed E-state index contributed by atoms with van der Waals surface area (Å²) in [6.45, 7) is 2.64. The van der Waals surface area contributed by atoms with Crippen LogP contribution in [-0.2, 0) is 50.4 Å². The SMILES string of the molecule is Cc1ccc(S(=O)(=O)N[C@H](Cc2ccccc2)C(=O)NCc2ccc([C@@H]3O[C@H](Cn4cnc5ccccc54)C[C@H](c4ccc(CO)cc4)O3)cc2)cc1. The van der Waals surface area contributed by atoms with E-state index in [2.05, 4.69) is 19.6 Å². The average molecular weight is 731 g/mol. The van der Waals surface area contributed by atoms with Gasteiger partial charge in [-0.3, -0.25) is 4.79 Å². The van der Waals surface area contributed by atoms with Gasteiger partial charge in [0.1, 0.15) is 6.04 Å². The van der Waals surface area contributed by atoms with E-state index in [1.54, 1.807) is 12.1 Å². The number of rotatable bonds is 13. The molecule has 2 heterocycles. The van der Waals surface area contributed by atoms with Crippen molar-refractivity contribution in [1.29, 1.82) is 0 Å². The molecule has 7 rings (SSSR count). The van der Waals surface area contributed by atoms with Gasteiger partial charge in [-0.1, -0.05) is 109 Å². The molecule has 0 bridgehead atoms. The van der Waals surface area contributed by atoms with Crippen molar-refractivity contribution >= 4 is 27.0 Å². The van der Waals surface area contributed by atoms with Gasteiger partial charge in [0.25, 0.3) is 0 Å². The largest absolute Gasteiger partial charge is 0.392 e. The summed E-state index contributed by atoms with van der Waals surface area (Å²) in [7, 11) is -3.96. The number of carbonyl (C=O) groups excluding carboxylic acids is 1. The molecule has 11 heteroatoms. The van der Waals surface area contributed by atoms with Crippen molar-refractivity contribution in [2.75, 3.05) is 0 Å². The predicted octanol–water partition coefficient (Wildman–Crippen LogP) is 6.29. The maximum atomic E-state index is 13.6. The second-order valence-corrected chi connectivity index (χ2v) is 15.1. The van der Waals surface area contributed by atoms with Gasteiger partial charge in [-0.05, 0) is 59.9 Å². The highest BCUT2D eigenvalue weighted by atomic mass is 32.2. The number of fused-ring (bicyclic) bond motifs is 1. The van der Waals surface area contributed by atoms with Crippen LogP contribution < -0.4 is 10.0 Å². The lowest BCUT2D eigenvalue weighted by Gasteiger charge is -2.36. The fourth-order valence-electron chi connectivity index (χ4n) is 6.52. The Morgan fingerprint density at radius 1 is 0.830 bits per heavy atom. The van der Waals surface area contributed by atoms with Gasteiger partial charge in [-0.25, -0.2) is 13.4 Å². The Hall–Kier alpha value is -5.17. The maximum Gasteiger partial charge on any atom is 0.241 e. The molecular formula is C42H42N4O6S. The lowest BCUT2D eigenvalue weighted by molar-refractivity contribution is -0.252. The lowest BCUT2D eigenvalue weighted by atomic mass is 9.99. The minimum absolute atomic E-state index is 0.0304. The van der Waals surface area contributed by atoms with Gasteiger partial charge in [-0.2, -0.15) is 4.72 Å². The third-order valence-corrected chi connectivity index (χ3v) is 11.0. The van der Waals surface area contributed by atoms with Crippen LogP contribution in [0.5, 0.6) is 0 Å². The van der Waals surface area contributed by atoms with Crippen LogP contribution in [0.25, 0.3) is 11.0 Å². The van der Waals surface area contributed by atoms with Crippen LogP contribution in [0.3, 0.4) is 0 Å². The Bertz CT molecular complexity index is 2240. The summed E-state index contributed by atoms with van der Waals surface area (Å²) in [5.41, 5.74) is 7.20. The predicted molar refractivity (Wildman–Crippen MR) is 202 cm³/mol. The van der Waals surface area contributed by atoms with E-state index in [0.717, 1.165) is 44.4 Å². The van der Waals surface area contributed by atoms with Gasteiger partial charge in [-0.15, -0.1) is 0 Å².